The van der Waals surface area contributed by atoms with Crippen LogP contribution in [0.5, 0.6) is 5.75 Å². The molecule has 1 aromatic heterocycles. The molecule has 2 aromatic rings. The van der Waals surface area contributed by atoms with Crippen molar-refractivity contribution in [3.63, 3.8) is 0 Å². The maximum absolute atomic E-state index is 12.5. The largest absolute Gasteiger partial charge is 0.491 e. The number of carbonyl (C=O) groups excluding carboxylic acids is 2. The third-order valence-corrected chi connectivity index (χ3v) is 6.02. The lowest BCUT2D eigenvalue weighted by Crippen LogP contribution is -2.32. The van der Waals surface area contributed by atoms with Gasteiger partial charge in [0, 0.05) is 26.4 Å². The molecular formula is C24H37N3O3S. The summed E-state index contributed by atoms with van der Waals surface area (Å²) >= 11 is 1.45. The van der Waals surface area contributed by atoms with Gasteiger partial charge in [0.25, 0.3) is 0 Å². The number of para-hydroxylation sites is 1. The Hall–Kier alpha value is -2.15. The predicted molar refractivity (Wildman–Crippen MR) is 129 cm³/mol. The van der Waals surface area contributed by atoms with Crippen LogP contribution in [0.1, 0.15) is 78.6 Å². The number of fused-ring (bicyclic) bond motifs is 1. The predicted octanol–water partition coefficient (Wildman–Crippen LogP) is 6.01. The van der Waals surface area contributed by atoms with Crippen molar-refractivity contribution in [3.8, 4) is 5.75 Å². The van der Waals surface area contributed by atoms with E-state index in [0.717, 1.165) is 67.6 Å². The summed E-state index contributed by atoms with van der Waals surface area (Å²) in [5.41, 5.74) is 0.791. The summed E-state index contributed by atoms with van der Waals surface area (Å²) in [6, 6.07) is 5.84. The van der Waals surface area contributed by atoms with E-state index in [1.165, 1.54) is 31.1 Å². The van der Waals surface area contributed by atoms with E-state index in [9.17, 15) is 9.59 Å². The number of aromatic nitrogens is 1. The van der Waals surface area contributed by atoms with Crippen molar-refractivity contribution in [2.75, 3.05) is 25.0 Å². The van der Waals surface area contributed by atoms with E-state index < -0.39 is 0 Å². The maximum atomic E-state index is 12.5. The van der Waals surface area contributed by atoms with Crippen LogP contribution in [0, 0.1) is 0 Å². The number of unbranched alkanes of at least 4 members (excludes halogenated alkanes) is 5. The number of carbonyl (C=O) groups is 2. The first-order valence-corrected chi connectivity index (χ1v) is 12.4. The standard InChI is InChI=1S/C24H37N3O3S/c1-4-6-7-9-15-22(29)27(16-5-2)17-10-8-11-18-30-20-13-12-14-21-23(20)26-24(31-21)25-19(3)28/h12-14H,4-11,15-18H2,1-3H3,(H,25,26,28). The number of hydrogen-bond acceptors (Lipinski definition) is 5. The zero-order valence-electron chi connectivity index (χ0n) is 19.2. The van der Waals surface area contributed by atoms with Gasteiger partial charge >= 0.3 is 0 Å². The minimum absolute atomic E-state index is 0.127. The Morgan fingerprint density at radius 1 is 1.03 bits per heavy atom. The van der Waals surface area contributed by atoms with Crippen LogP contribution in [0.25, 0.3) is 10.2 Å². The van der Waals surface area contributed by atoms with Crippen LogP contribution < -0.4 is 10.1 Å². The summed E-state index contributed by atoms with van der Waals surface area (Å²) in [5, 5.41) is 3.33. The van der Waals surface area contributed by atoms with Gasteiger partial charge in [0.2, 0.25) is 11.8 Å². The van der Waals surface area contributed by atoms with Gasteiger partial charge in [-0.15, -0.1) is 0 Å². The Labute approximate surface area is 190 Å². The molecule has 1 heterocycles. The Kier molecular flexibility index (Phi) is 11.4. The molecule has 0 spiro atoms. The molecule has 7 heteroatoms. The molecule has 0 aliphatic heterocycles. The normalized spacial score (nSPS) is 10.9. The van der Waals surface area contributed by atoms with Gasteiger partial charge in [-0.1, -0.05) is 50.5 Å². The van der Waals surface area contributed by atoms with Crippen molar-refractivity contribution >= 4 is 38.5 Å². The molecule has 6 nitrogen and oxygen atoms in total. The van der Waals surface area contributed by atoms with Crippen LogP contribution in [0.2, 0.25) is 0 Å². The summed E-state index contributed by atoms with van der Waals surface area (Å²) in [5.74, 6) is 0.928. The SMILES string of the molecule is CCCCCCC(=O)N(CCC)CCCCCOc1cccc2sc(NC(C)=O)nc12. The lowest BCUT2D eigenvalue weighted by molar-refractivity contribution is -0.131. The highest BCUT2D eigenvalue weighted by atomic mass is 32.1. The molecule has 0 bridgehead atoms. The second kappa shape index (κ2) is 14.0. The van der Waals surface area contributed by atoms with Gasteiger partial charge in [-0.2, -0.15) is 0 Å². The average molecular weight is 448 g/mol. The average Bonchev–Trinajstić information content (AvgIpc) is 3.15. The fraction of sp³-hybridized carbons (Fsp3) is 0.625. The van der Waals surface area contributed by atoms with Crippen molar-refractivity contribution in [1.29, 1.82) is 0 Å². The summed E-state index contributed by atoms with van der Waals surface area (Å²) in [4.78, 5) is 30.2. The molecule has 2 rings (SSSR count). The topological polar surface area (TPSA) is 71.5 Å². The highest BCUT2D eigenvalue weighted by Crippen LogP contribution is 2.32. The number of nitrogens with zero attached hydrogens (tertiary/aromatic N) is 2. The maximum Gasteiger partial charge on any atom is 0.223 e. The van der Waals surface area contributed by atoms with E-state index in [1.54, 1.807) is 0 Å². The molecule has 0 aliphatic carbocycles. The van der Waals surface area contributed by atoms with Gasteiger partial charge in [0.1, 0.15) is 11.3 Å². The van der Waals surface area contributed by atoms with Gasteiger partial charge in [-0.3, -0.25) is 9.59 Å². The Bertz CT molecular complexity index is 822. The van der Waals surface area contributed by atoms with Gasteiger partial charge < -0.3 is 15.0 Å². The minimum atomic E-state index is -0.127. The minimum Gasteiger partial charge on any atom is -0.491 e. The summed E-state index contributed by atoms with van der Waals surface area (Å²) in [6.45, 7) is 8.10. The Morgan fingerprint density at radius 3 is 2.58 bits per heavy atom. The van der Waals surface area contributed by atoms with E-state index in [2.05, 4.69) is 24.1 Å². The Morgan fingerprint density at radius 2 is 1.84 bits per heavy atom. The molecule has 0 aliphatic rings. The van der Waals surface area contributed by atoms with Crippen LogP contribution >= 0.6 is 11.3 Å². The molecule has 31 heavy (non-hydrogen) atoms. The summed E-state index contributed by atoms with van der Waals surface area (Å²) < 4.78 is 6.96. The monoisotopic (exact) mass is 447 g/mol. The van der Waals surface area contributed by atoms with Crippen LogP contribution in [-0.4, -0.2) is 41.4 Å². The number of benzene rings is 1. The van der Waals surface area contributed by atoms with Crippen molar-refractivity contribution in [1.82, 2.24) is 9.88 Å². The van der Waals surface area contributed by atoms with Crippen LogP contribution in [-0.2, 0) is 9.59 Å². The molecule has 0 fully saturated rings. The molecule has 0 saturated carbocycles. The Balaban J connectivity index is 1.72. The highest BCUT2D eigenvalue weighted by molar-refractivity contribution is 7.22. The van der Waals surface area contributed by atoms with Crippen LogP contribution in [0.4, 0.5) is 5.13 Å². The quantitative estimate of drug-likeness (QED) is 0.339. The van der Waals surface area contributed by atoms with E-state index in [-0.39, 0.29) is 5.91 Å². The van der Waals surface area contributed by atoms with Crippen molar-refractivity contribution < 1.29 is 14.3 Å². The number of nitrogens with one attached hydrogen (secondary N) is 1. The molecule has 0 radical (unpaired) electrons. The first kappa shape index (κ1) is 25.1. The molecule has 0 atom stereocenters. The first-order chi connectivity index (χ1) is 15.0. The first-order valence-electron chi connectivity index (χ1n) is 11.6. The zero-order valence-corrected chi connectivity index (χ0v) is 20.1. The van der Waals surface area contributed by atoms with Gasteiger partial charge in [0.15, 0.2) is 5.13 Å². The molecule has 1 N–H and O–H groups in total. The summed E-state index contributed by atoms with van der Waals surface area (Å²) in [6.07, 6.45) is 9.20. The molecule has 172 valence electrons. The smallest absolute Gasteiger partial charge is 0.223 e. The van der Waals surface area contributed by atoms with Crippen molar-refractivity contribution in [2.24, 2.45) is 0 Å². The zero-order chi connectivity index (χ0) is 22.5. The van der Waals surface area contributed by atoms with E-state index >= 15 is 0 Å². The molecule has 0 saturated heterocycles. The molecule has 0 unspecified atom stereocenters. The van der Waals surface area contributed by atoms with Crippen molar-refractivity contribution in [3.05, 3.63) is 18.2 Å². The fourth-order valence-corrected chi connectivity index (χ4v) is 4.43. The third kappa shape index (κ3) is 8.85. The van der Waals surface area contributed by atoms with Gasteiger partial charge in [-0.05, 0) is 44.2 Å². The lowest BCUT2D eigenvalue weighted by Gasteiger charge is -2.22. The van der Waals surface area contributed by atoms with Gasteiger partial charge in [-0.25, -0.2) is 4.98 Å². The number of rotatable bonds is 15. The number of hydrogen-bond donors (Lipinski definition) is 1. The third-order valence-electron chi connectivity index (χ3n) is 5.09. The molecule has 2 amide bonds. The van der Waals surface area contributed by atoms with Gasteiger partial charge in [0.05, 0.1) is 11.3 Å². The number of amides is 2. The second-order valence-corrected chi connectivity index (χ2v) is 8.93. The van der Waals surface area contributed by atoms with Crippen LogP contribution in [0.15, 0.2) is 18.2 Å². The van der Waals surface area contributed by atoms with Crippen molar-refractivity contribution in [2.45, 2.75) is 78.6 Å². The summed E-state index contributed by atoms with van der Waals surface area (Å²) in [7, 11) is 0. The molecule has 1 aromatic carbocycles. The van der Waals surface area contributed by atoms with Crippen LogP contribution in [0.3, 0.4) is 0 Å². The van der Waals surface area contributed by atoms with E-state index in [0.29, 0.717) is 24.1 Å². The second-order valence-electron chi connectivity index (χ2n) is 7.90. The highest BCUT2D eigenvalue weighted by Gasteiger charge is 2.12. The molecular weight excluding hydrogens is 410 g/mol. The number of ether oxygens (including phenoxy) is 1. The number of anilines is 1. The lowest BCUT2D eigenvalue weighted by atomic mass is 10.1. The van der Waals surface area contributed by atoms with E-state index in [1.807, 2.05) is 23.1 Å². The van der Waals surface area contributed by atoms with E-state index in [4.69, 9.17) is 4.74 Å². The number of thiazole rings is 1. The fourth-order valence-electron chi connectivity index (χ4n) is 3.50.